The molecule has 1 amide bonds. The monoisotopic (exact) mass is 554 g/mol. The number of benzene rings is 4. The van der Waals surface area contributed by atoms with Gasteiger partial charge in [0.1, 0.15) is 5.75 Å². The molecule has 1 N–H and O–H groups in total. The van der Waals surface area contributed by atoms with E-state index < -0.39 is 24.2 Å². The summed E-state index contributed by atoms with van der Waals surface area (Å²) in [5.41, 5.74) is 2.45. The zero-order valence-corrected chi connectivity index (χ0v) is 22.6. The Balaban J connectivity index is 1.55. The maximum absolute atomic E-state index is 15.1. The van der Waals surface area contributed by atoms with Crippen molar-refractivity contribution in [1.29, 1.82) is 0 Å². The molecule has 1 aromatic heterocycles. The van der Waals surface area contributed by atoms with Crippen LogP contribution in [-0.4, -0.2) is 36.5 Å². The molecule has 4 aromatic carbocycles. The number of alkyl halides is 2. The van der Waals surface area contributed by atoms with Crippen LogP contribution in [0.5, 0.6) is 5.75 Å². The number of hydrogen-bond acceptors (Lipinski definition) is 5. The van der Waals surface area contributed by atoms with Crippen molar-refractivity contribution >= 4 is 39.2 Å². The molecule has 5 aromatic rings. The number of rotatable bonds is 9. The van der Waals surface area contributed by atoms with Gasteiger partial charge in [-0.25, -0.2) is 4.79 Å². The smallest absolute Gasteiger partial charge is 0.377 e. The molecule has 41 heavy (non-hydrogen) atoms. The Kier molecular flexibility index (Phi) is 7.92. The van der Waals surface area contributed by atoms with Crippen LogP contribution < -0.4 is 10.1 Å². The van der Waals surface area contributed by atoms with Gasteiger partial charge in [-0.2, -0.15) is 8.78 Å². The number of carbonyl (C=O) groups excluding carboxylic acids is 2. The Morgan fingerprint density at radius 2 is 1.68 bits per heavy atom. The standard InChI is InChI=1S/C33H28F2N2O4/c1-3-41-32(39)33(34,35)20-28(22-12-14-25(40-2)15-13-22)26-16-17-29(30-27(26)9-6-18-36-30)37-31(38)24-11-10-21-7-4-5-8-23(21)19-24/h4-19,28H,3,20H2,1-2H3,(H,37,38)/t28-/m0/s1. The molecule has 0 unspecified atom stereocenters. The fourth-order valence-electron chi connectivity index (χ4n) is 4.94. The summed E-state index contributed by atoms with van der Waals surface area (Å²) in [6.45, 7) is 1.33. The molecule has 1 heterocycles. The topological polar surface area (TPSA) is 77.5 Å². The zero-order chi connectivity index (χ0) is 29.0. The Bertz CT molecular complexity index is 1720. The van der Waals surface area contributed by atoms with Crippen molar-refractivity contribution in [2.24, 2.45) is 0 Å². The third-order valence-electron chi connectivity index (χ3n) is 6.99. The lowest BCUT2D eigenvalue weighted by Gasteiger charge is -2.25. The zero-order valence-electron chi connectivity index (χ0n) is 22.6. The van der Waals surface area contributed by atoms with E-state index >= 15 is 8.78 Å². The van der Waals surface area contributed by atoms with Gasteiger partial charge in [0.05, 0.1) is 24.9 Å². The largest absolute Gasteiger partial charge is 0.497 e. The Morgan fingerprint density at radius 3 is 2.41 bits per heavy atom. The number of pyridine rings is 1. The average molecular weight is 555 g/mol. The molecule has 0 aliphatic heterocycles. The van der Waals surface area contributed by atoms with Gasteiger partial charge in [0.25, 0.3) is 5.91 Å². The third kappa shape index (κ3) is 5.87. The van der Waals surface area contributed by atoms with E-state index in [-0.39, 0.29) is 12.5 Å². The van der Waals surface area contributed by atoms with Crippen LogP contribution in [0.3, 0.4) is 0 Å². The van der Waals surface area contributed by atoms with E-state index in [4.69, 9.17) is 4.74 Å². The normalized spacial score (nSPS) is 12.2. The van der Waals surface area contributed by atoms with E-state index in [9.17, 15) is 9.59 Å². The first kappa shape index (κ1) is 27.7. The van der Waals surface area contributed by atoms with E-state index in [1.807, 2.05) is 36.4 Å². The van der Waals surface area contributed by atoms with Gasteiger partial charge in [-0.1, -0.05) is 54.6 Å². The van der Waals surface area contributed by atoms with Crippen LogP contribution in [0.2, 0.25) is 0 Å². The van der Waals surface area contributed by atoms with Crippen molar-refractivity contribution in [1.82, 2.24) is 4.98 Å². The molecule has 8 heteroatoms. The van der Waals surface area contributed by atoms with Crippen LogP contribution in [0.25, 0.3) is 21.7 Å². The molecular weight excluding hydrogens is 526 g/mol. The number of esters is 1. The summed E-state index contributed by atoms with van der Waals surface area (Å²) >= 11 is 0. The number of aromatic nitrogens is 1. The second-order valence-corrected chi connectivity index (χ2v) is 9.57. The number of hydrogen-bond donors (Lipinski definition) is 1. The van der Waals surface area contributed by atoms with Gasteiger partial charge in [-0.15, -0.1) is 0 Å². The predicted octanol–water partition coefficient (Wildman–Crippen LogP) is 7.37. The lowest BCUT2D eigenvalue weighted by molar-refractivity contribution is -0.172. The molecule has 0 saturated heterocycles. The Morgan fingerprint density at radius 1 is 0.927 bits per heavy atom. The summed E-state index contributed by atoms with van der Waals surface area (Å²) in [6, 6.07) is 26.8. The molecule has 5 rings (SSSR count). The lowest BCUT2D eigenvalue weighted by Crippen LogP contribution is -2.33. The van der Waals surface area contributed by atoms with Gasteiger partial charge >= 0.3 is 11.9 Å². The van der Waals surface area contributed by atoms with Crippen molar-refractivity contribution in [2.45, 2.75) is 25.2 Å². The average Bonchev–Trinajstić information content (AvgIpc) is 3.00. The first-order valence-electron chi connectivity index (χ1n) is 13.2. The molecule has 0 fully saturated rings. The van der Waals surface area contributed by atoms with Crippen molar-refractivity contribution in [3.05, 3.63) is 114 Å². The molecule has 0 bridgehead atoms. The quantitative estimate of drug-likeness (QED) is 0.193. The number of methoxy groups -OCH3 is 1. The number of carbonyl (C=O) groups is 2. The van der Waals surface area contributed by atoms with Crippen LogP contribution in [0.4, 0.5) is 14.5 Å². The number of anilines is 1. The summed E-state index contributed by atoms with van der Waals surface area (Å²) < 4.78 is 40.2. The van der Waals surface area contributed by atoms with E-state index in [2.05, 4.69) is 15.0 Å². The maximum Gasteiger partial charge on any atom is 0.377 e. The second-order valence-electron chi connectivity index (χ2n) is 9.57. The van der Waals surface area contributed by atoms with Crippen molar-refractivity contribution in [3.63, 3.8) is 0 Å². The minimum atomic E-state index is -3.74. The number of fused-ring (bicyclic) bond motifs is 2. The molecule has 1 atom stereocenters. The number of nitrogens with one attached hydrogen (secondary N) is 1. The minimum absolute atomic E-state index is 0.153. The van der Waals surface area contributed by atoms with Gasteiger partial charge in [-0.05, 0) is 65.2 Å². The van der Waals surface area contributed by atoms with Gasteiger partial charge in [0.15, 0.2) is 0 Å². The Labute approximate surface area is 235 Å². The Hall–Kier alpha value is -4.85. The van der Waals surface area contributed by atoms with E-state index in [1.54, 1.807) is 60.8 Å². The third-order valence-corrected chi connectivity index (χ3v) is 6.99. The first-order valence-corrected chi connectivity index (χ1v) is 13.2. The minimum Gasteiger partial charge on any atom is -0.497 e. The van der Waals surface area contributed by atoms with Crippen LogP contribution in [0, 0.1) is 0 Å². The SMILES string of the molecule is CCOC(=O)C(F)(F)C[C@@H](c1ccc(OC)cc1)c1ccc(NC(=O)c2ccc3ccccc3c2)c2ncccc12. The van der Waals surface area contributed by atoms with Crippen molar-refractivity contribution < 1.29 is 27.8 Å². The van der Waals surface area contributed by atoms with Gasteiger partial charge in [0.2, 0.25) is 0 Å². The van der Waals surface area contributed by atoms with Gasteiger partial charge in [0, 0.05) is 29.5 Å². The fraction of sp³-hybridized carbons (Fsp3) is 0.182. The number of nitrogens with zero attached hydrogens (tertiary/aromatic N) is 1. The maximum atomic E-state index is 15.1. The van der Waals surface area contributed by atoms with E-state index in [0.717, 1.165) is 10.8 Å². The van der Waals surface area contributed by atoms with Gasteiger partial charge < -0.3 is 14.8 Å². The summed E-state index contributed by atoms with van der Waals surface area (Å²) in [7, 11) is 1.52. The van der Waals surface area contributed by atoms with E-state index in [0.29, 0.717) is 39.0 Å². The highest BCUT2D eigenvalue weighted by atomic mass is 19.3. The van der Waals surface area contributed by atoms with Crippen LogP contribution in [0.15, 0.2) is 97.2 Å². The highest BCUT2D eigenvalue weighted by molar-refractivity contribution is 6.10. The molecule has 0 aliphatic rings. The summed E-state index contributed by atoms with van der Waals surface area (Å²) in [5.74, 6) is -5.95. The second kappa shape index (κ2) is 11.7. The molecule has 208 valence electrons. The summed E-state index contributed by atoms with van der Waals surface area (Å²) in [5, 5.41) is 5.46. The first-order chi connectivity index (χ1) is 19.8. The van der Waals surface area contributed by atoms with Crippen LogP contribution in [-0.2, 0) is 9.53 Å². The predicted molar refractivity (Wildman–Crippen MR) is 155 cm³/mol. The number of ether oxygens (including phenoxy) is 2. The molecule has 0 saturated carbocycles. The molecule has 0 spiro atoms. The molecule has 0 radical (unpaired) electrons. The van der Waals surface area contributed by atoms with Crippen molar-refractivity contribution in [3.8, 4) is 5.75 Å². The van der Waals surface area contributed by atoms with Crippen molar-refractivity contribution in [2.75, 3.05) is 19.0 Å². The highest BCUT2D eigenvalue weighted by Crippen LogP contribution is 2.40. The van der Waals surface area contributed by atoms with Crippen LogP contribution in [0.1, 0.15) is 40.7 Å². The fourth-order valence-corrected chi connectivity index (χ4v) is 4.94. The summed E-state index contributed by atoms with van der Waals surface area (Å²) in [6.07, 6.45) is 0.762. The molecule has 6 nitrogen and oxygen atoms in total. The van der Waals surface area contributed by atoms with E-state index in [1.165, 1.54) is 14.0 Å². The highest BCUT2D eigenvalue weighted by Gasteiger charge is 2.43. The number of halogens is 2. The van der Waals surface area contributed by atoms with Crippen LogP contribution >= 0.6 is 0 Å². The number of amides is 1. The molecule has 0 aliphatic carbocycles. The van der Waals surface area contributed by atoms with Gasteiger partial charge in [-0.3, -0.25) is 9.78 Å². The lowest BCUT2D eigenvalue weighted by atomic mass is 9.84. The summed E-state index contributed by atoms with van der Waals surface area (Å²) in [4.78, 5) is 29.9. The molecular formula is C33H28F2N2O4.